The van der Waals surface area contributed by atoms with Crippen molar-refractivity contribution in [3.05, 3.63) is 35.2 Å². The molecule has 0 aromatic carbocycles. The third-order valence-electron chi connectivity index (χ3n) is 2.30. The lowest BCUT2D eigenvalue weighted by Crippen LogP contribution is -1.94. The second-order valence-electron chi connectivity index (χ2n) is 3.51. The summed E-state index contributed by atoms with van der Waals surface area (Å²) in [6, 6.07) is 5.47. The zero-order chi connectivity index (χ0) is 11.1. The molecule has 0 fully saturated rings. The zero-order valence-electron chi connectivity index (χ0n) is 8.48. The Kier molecular flexibility index (Phi) is 1.94. The van der Waals surface area contributed by atoms with Crippen molar-refractivity contribution in [3.8, 4) is 11.4 Å². The monoisotopic (exact) mass is 233 g/mol. The fraction of sp³-hybridized carbons (Fsp3) is 0.100. The van der Waals surface area contributed by atoms with E-state index in [0.29, 0.717) is 5.15 Å². The van der Waals surface area contributed by atoms with Crippen LogP contribution in [0.15, 0.2) is 24.4 Å². The van der Waals surface area contributed by atoms with E-state index in [1.54, 1.807) is 16.8 Å². The second kappa shape index (κ2) is 3.31. The first-order valence-corrected chi connectivity index (χ1v) is 5.14. The van der Waals surface area contributed by atoms with E-state index in [1.807, 2.05) is 19.1 Å². The van der Waals surface area contributed by atoms with Crippen LogP contribution in [0.1, 0.15) is 5.69 Å². The normalized spacial score (nSPS) is 11.1. The van der Waals surface area contributed by atoms with Gasteiger partial charge in [0.1, 0.15) is 16.5 Å². The molecule has 0 bridgehead atoms. The minimum Gasteiger partial charge on any atom is -0.282 e. The number of aromatic amines is 1. The number of fused-ring (bicyclic) bond motifs is 1. The molecule has 3 rings (SSSR count). The smallest absolute Gasteiger partial charge is 0.154 e. The van der Waals surface area contributed by atoms with E-state index in [-0.39, 0.29) is 0 Å². The van der Waals surface area contributed by atoms with Gasteiger partial charge in [0, 0.05) is 5.69 Å². The predicted molar refractivity (Wildman–Crippen MR) is 60.3 cm³/mol. The van der Waals surface area contributed by atoms with Gasteiger partial charge < -0.3 is 0 Å². The highest BCUT2D eigenvalue weighted by molar-refractivity contribution is 6.29. The molecule has 0 saturated carbocycles. The van der Waals surface area contributed by atoms with Crippen LogP contribution in [0.3, 0.4) is 0 Å². The standard InChI is InChI=1S/C10H8ClN5/c1-6-4-7(14-13-6)8-5-12-10-3-2-9(11)15-16(8)10/h2-5H,1H3,(H,13,14). The third-order valence-corrected chi connectivity index (χ3v) is 2.50. The molecule has 0 aliphatic rings. The Hall–Kier alpha value is -1.88. The molecule has 0 radical (unpaired) electrons. The van der Waals surface area contributed by atoms with Crippen LogP contribution in [0.4, 0.5) is 0 Å². The molecule has 0 atom stereocenters. The van der Waals surface area contributed by atoms with Crippen molar-refractivity contribution >= 4 is 17.2 Å². The lowest BCUT2D eigenvalue weighted by atomic mass is 10.3. The van der Waals surface area contributed by atoms with Gasteiger partial charge in [0.15, 0.2) is 5.65 Å². The van der Waals surface area contributed by atoms with E-state index in [0.717, 1.165) is 22.7 Å². The lowest BCUT2D eigenvalue weighted by Gasteiger charge is -1.96. The van der Waals surface area contributed by atoms with E-state index in [2.05, 4.69) is 20.3 Å². The van der Waals surface area contributed by atoms with Crippen molar-refractivity contribution in [2.45, 2.75) is 6.92 Å². The molecule has 80 valence electrons. The van der Waals surface area contributed by atoms with E-state index in [1.165, 1.54) is 0 Å². The van der Waals surface area contributed by atoms with Crippen molar-refractivity contribution in [3.63, 3.8) is 0 Å². The number of rotatable bonds is 1. The van der Waals surface area contributed by atoms with E-state index in [4.69, 9.17) is 11.6 Å². The predicted octanol–water partition coefficient (Wildman–Crippen LogP) is 2.08. The minimum absolute atomic E-state index is 0.430. The van der Waals surface area contributed by atoms with Gasteiger partial charge in [0.2, 0.25) is 0 Å². The molecule has 6 heteroatoms. The Labute approximate surface area is 96.1 Å². The van der Waals surface area contributed by atoms with Gasteiger partial charge in [-0.25, -0.2) is 9.50 Å². The molecule has 0 saturated heterocycles. The van der Waals surface area contributed by atoms with Crippen LogP contribution in [0, 0.1) is 6.92 Å². The van der Waals surface area contributed by atoms with Crippen molar-refractivity contribution in [1.82, 2.24) is 24.8 Å². The average Bonchev–Trinajstić information content (AvgIpc) is 2.83. The topological polar surface area (TPSA) is 58.9 Å². The fourth-order valence-electron chi connectivity index (χ4n) is 1.57. The van der Waals surface area contributed by atoms with Gasteiger partial charge in [-0.05, 0) is 25.1 Å². The van der Waals surface area contributed by atoms with Crippen molar-refractivity contribution < 1.29 is 0 Å². The summed E-state index contributed by atoms with van der Waals surface area (Å²) in [4.78, 5) is 4.23. The number of nitrogens with one attached hydrogen (secondary N) is 1. The highest BCUT2D eigenvalue weighted by Gasteiger charge is 2.09. The maximum Gasteiger partial charge on any atom is 0.154 e. The van der Waals surface area contributed by atoms with Crippen LogP contribution in [-0.4, -0.2) is 24.8 Å². The third kappa shape index (κ3) is 1.37. The molecular formula is C10H8ClN5. The lowest BCUT2D eigenvalue weighted by molar-refractivity contribution is 0.934. The molecule has 0 aliphatic carbocycles. The Morgan fingerprint density at radius 3 is 3.00 bits per heavy atom. The van der Waals surface area contributed by atoms with E-state index < -0.39 is 0 Å². The molecule has 3 heterocycles. The van der Waals surface area contributed by atoms with Gasteiger partial charge in [-0.2, -0.15) is 10.2 Å². The summed E-state index contributed by atoms with van der Waals surface area (Å²) in [6.45, 7) is 1.94. The summed E-state index contributed by atoms with van der Waals surface area (Å²) in [5.41, 5.74) is 3.37. The molecule has 0 amide bonds. The molecular weight excluding hydrogens is 226 g/mol. The summed E-state index contributed by atoms with van der Waals surface area (Å²) in [5, 5.41) is 11.7. The summed E-state index contributed by atoms with van der Waals surface area (Å²) < 4.78 is 1.68. The molecule has 0 unspecified atom stereocenters. The van der Waals surface area contributed by atoms with E-state index >= 15 is 0 Å². The maximum absolute atomic E-state index is 5.85. The molecule has 16 heavy (non-hydrogen) atoms. The first-order valence-electron chi connectivity index (χ1n) is 4.77. The Morgan fingerprint density at radius 2 is 2.25 bits per heavy atom. The number of aromatic nitrogens is 5. The number of imidazole rings is 1. The minimum atomic E-state index is 0.430. The Bertz CT molecular complexity index is 654. The molecule has 1 N–H and O–H groups in total. The number of hydrogen-bond acceptors (Lipinski definition) is 3. The number of halogens is 1. The van der Waals surface area contributed by atoms with Gasteiger partial charge in [-0.15, -0.1) is 0 Å². The van der Waals surface area contributed by atoms with Gasteiger partial charge in [0.05, 0.1) is 6.20 Å². The quantitative estimate of drug-likeness (QED) is 0.700. The van der Waals surface area contributed by atoms with Gasteiger partial charge >= 0.3 is 0 Å². The number of H-pyrrole nitrogens is 1. The van der Waals surface area contributed by atoms with Crippen LogP contribution in [0.2, 0.25) is 5.15 Å². The summed E-state index contributed by atoms with van der Waals surface area (Å²) in [5.74, 6) is 0. The van der Waals surface area contributed by atoms with Crippen LogP contribution >= 0.6 is 11.6 Å². The van der Waals surface area contributed by atoms with Crippen molar-refractivity contribution in [2.75, 3.05) is 0 Å². The fourth-order valence-corrected chi connectivity index (χ4v) is 1.71. The highest BCUT2D eigenvalue weighted by atomic mass is 35.5. The van der Waals surface area contributed by atoms with Gasteiger partial charge in [-0.3, -0.25) is 5.10 Å². The summed E-state index contributed by atoms with van der Waals surface area (Å²) >= 11 is 5.85. The number of aryl methyl sites for hydroxylation is 1. The second-order valence-corrected chi connectivity index (χ2v) is 3.89. The number of hydrogen-bond donors (Lipinski definition) is 1. The number of nitrogens with zero attached hydrogens (tertiary/aromatic N) is 4. The first kappa shape index (κ1) is 9.35. The molecule has 3 aromatic rings. The molecule has 0 aliphatic heterocycles. The van der Waals surface area contributed by atoms with Crippen molar-refractivity contribution in [1.29, 1.82) is 0 Å². The largest absolute Gasteiger partial charge is 0.282 e. The van der Waals surface area contributed by atoms with E-state index in [9.17, 15) is 0 Å². The van der Waals surface area contributed by atoms with Gasteiger partial charge in [-0.1, -0.05) is 11.6 Å². The molecule has 5 nitrogen and oxygen atoms in total. The Morgan fingerprint density at radius 1 is 1.38 bits per heavy atom. The summed E-state index contributed by atoms with van der Waals surface area (Å²) in [7, 11) is 0. The zero-order valence-corrected chi connectivity index (χ0v) is 9.23. The van der Waals surface area contributed by atoms with Crippen LogP contribution in [-0.2, 0) is 0 Å². The SMILES string of the molecule is Cc1cc(-c2cnc3ccc(Cl)nn23)n[nH]1. The first-order chi connectivity index (χ1) is 7.74. The van der Waals surface area contributed by atoms with Crippen LogP contribution in [0.25, 0.3) is 17.0 Å². The van der Waals surface area contributed by atoms with Crippen LogP contribution < -0.4 is 0 Å². The van der Waals surface area contributed by atoms with Crippen molar-refractivity contribution in [2.24, 2.45) is 0 Å². The highest BCUT2D eigenvalue weighted by Crippen LogP contribution is 2.19. The molecule has 0 spiro atoms. The Balaban J connectivity index is 2.27. The summed E-state index contributed by atoms with van der Waals surface area (Å²) in [6.07, 6.45) is 1.73. The van der Waals surface area contributed by atoms with Gasteiger partial charge in [0.25, 0.3) is 0 Å². The maximum atomic E-state index is 5.85. The average molecular weight is 234 g/mol. The molecule has 3 aromatic heterocycles. The van der Waals surface area contributed by atoms with Crippen LogP contribution in [0.5, 0.6) is 0 Å².